The summed E-state index contributed by atoms with van der Waals surface area (Å²) in [5.41, 5.74) is 4.04. The van der Waals surface area contributed by atoms with Crippen LogP contribution in [0.3, 0.4) is 0 Å². The van der Waals surface area contributed by atoms with Gasteiger partial charge in [-0.1, -0.05) is 35.9 Å². The van der Waals surface area contributed by atoms with E-state index in [0.717, 1.165) is 16.6 Å². The fraction of sp³-hybridized carbons (Fsp3) is 0.0667. The third kappa shape index (κ3) is 1.80. The Morgan fingerprint density at radius 1 is 1.06 bits per heavy atom. The summed E-state index contributed by atoms with van der Waals surface area (Å²) in [6.45, 7) is 2.06. The SMILES string of the molecule is Cc1cccc(-c2ccc3c(=O)[nH]cnc3c2)c1. The average Bonchev–Trinajstić information content (AvgIpc) is 2.39. The van der Waals surface area contributed by atoms with Crippen LogP contribution in [0.5, 0.6) is 0 Å². The number of hydrogen-bond donors (Lipinski definition) is 1. The van der Waals surface area contributed by atoms with Gasteiger partial charge in [0.05, 0.1) is 17.2 Å². The summed E-state index contributed by atoms with van der Waals surface area (Å²) in [4.78, 5) is 18.4. The summed E-state index contributed by atoms with van der Waals surface area (Å²) in [5, 5.41) is 0.619. The molecule has 3 aromatic rings. The maximum absolute atomic E-state index is 11.6. The zero-order valence-electron chi connectivity index (χ0n) is 9.97. The molecular weight excluding hydrogens is 224 g/mol. The van der Waals surface area contributed by atoms with Gasteiger partial charge in [-0.05, 0) is 30.2 Å². The maximum atomic E-state index is 11.6. The number of fused-ring (bicyclic) bond motifs is 1. The third-order valence-corrected chi connectivity index (χ3v) is 2.99. The number of aromatic amines is 1. The molecule has 0 radical (unpaired) electrons. The number of benzene rings is 2. The van der Waals surface area contributed by atoms with Gasteiger partial charge in [-0.25, -0.2) is 4.98 Å². The number of nitrogens with one attached hydrogen (secondary N) is 1. The third-order valence-electron chi connectivity index (χ3n) is 2.99. The summed E-state index contributed by atoms with van der Waals surface area (Å²) < 4.78 is 0. The quantitative estimate of drug-likeness (QED) is 0.706. The Morgan fingerprint density at radius 2 is 1.89 bits per heavy atom. The van der Waals surface area contributed by atoms with Gasteiger partial charge in [0.2, 0.25) is 0 Å². The van der Waals surface area contributed by atoms with E-state index in [4.69, 9.17) is 0 Å². The summed E-state index contributed by atoms with van der Waals surface area (Å²) in [6.07, 6.45) is 1.44. The predicted molar refractivity (Wildman–Crippen MR) is 72.5 cm³/mol. The molecule has 0 aliphatic rings. The molecule has 1 heterocycles. The first kappa shape index (κ1) is 10.7. The largest absolute Gasteiger partial charge is 0.313 e. The van der Waals surface area contributed by atoms with E-state index in [1.54, 1.807) is 0 Å². The van der Waals surface area contributed by atoms with E-state index < -0.39 is 0 Å². The Kier molecular flexibility index (Phi) is 2.45. The fourth-order valence-corrected chi connectivity index (χ4v) is 2.07. The van der Waals surface area contributed by atoms with Crippen LogP contribution in [0.15, 0.2) is 53.6 Å². The molecule has 3 rings (SSSR count). The average molecular weight is 236 g/mol. The lowest BCUT2D eigenvalue weighted by Gasteiger charge is -2.04. The van der Waals surface area contributed by atoms with Crippen LogP contribution in [0.4, 0.5) is 0 Å². The Labute approximate surface area is 104 Å². The van der Waals surface area contributed by atoms with Crippen molar-refractivity contribution in [1.29, 1.82) is 0 Å². The molecule has 3 nitrogen and oxygen atoms in total. The molecule has 1 aromatic heterocycles. The van der Waals surface area contributed by atoms with Gasteiger partial charge in [-0.3, -0.25) is 4.79 Å². The molecule has 2 aromatic carbocycles. The number of H-pyrrole nitrogens is 1. The van der Waals surface area contributed by atoms with Gasteiger partial charge in [0.15, 0.2) is 0 Å². The van der Waals surface area contributed by atoms with Crippen molar-refractivity contribution in [1.82, 2.24) is 9.97 Å². The van der Waals surface area contributed by atoms with Crippen molar-refractivity contribution in [2.75, 3.05) is 0 Å². The standard InChI is InChI=1S/C15H12N2O/c1-10-3-2-4-11(7-10)12-5-6-13-14(8-12)16-9-17-15(13)18/h2-9H,1H3,(H,16,17,18). The van der Waals surface area contributed by atoms with Crippen molar-refractivity contribution in [3.8, 4) is 11.1 Å². The fourth-order valence-electron chi connectivity index (χ4n) is 2.07. The molecule has 0 aliphatic carbocycles. The van der Waals surface area contributed by atoms with Gasteiger partial charge in [-0.2, -0.15) is 0 Å². The van der Waals surface area contributed by atoms with E-state index in [2.05, 4.69) is 35.1 Å². The predicted octanol–water partition coefficient (Wildman–Crippen LogP) is 2.90. The monoisotopic (exact) mass is 236 g/mol. The van der Waals surface area contributed by atoms with Crippen LogP contribution in [0, 0.1) is 6.92 Å². The number of aromatic nitrogens is 2. The van der Waals surface area contributed by atoms with Crippen molar-refractivity contribution < 1.29 is 0 Å². The Bertz CT molecular complexity index is 775. The summed E-state index contributed by atoms with van der Waals surface area (Å²) >= 11 is 0. The molecule has 0 bridgehead atoms. The van der Waals surface area contributed by atoms with Crippen LogP contribution in [-0.2, 0) is 0 Å². The van der Waals surface area contributed by atoms with Crippen molar-refractivity contribution in [3.63, 3.8) is 0 Å². The van der Waals surface area contributed by atoms with E-state index in [0.29, 0.717) is 5.39 Å². The lowest BCUT2D eigenvalue weighted by atomic mass is 10.0. The van der Waals surface area contributed by atoms with Crippen molar-refractivity contribution >= 4 is 10.9 Å². The lowest BCUT2D eigenvalue weighted by Crippen LogP contribution is -2.05. The van der Waals surface area contributed by atoms with Crippen LogP contribution in [0.25, 0.3) is 22.0 Å². The van der Waals surface area contributed by atoms with Crippen LogP contribution in [0.2, 0.25) is 0 Å². The van der Waals surface area contributed by atoms with E-state index in [-0.39, 0.29) is 5.56 Å². The highest BCUT2D eigenvalue weighted by Gasteiger charge is 2.02. The highest BCUT2D eigenvalue weighted by molar-refractivity contribution is 5.83. The molecule has 0 fully saturated rings. The topological polar surface area (TPSA) is 45.8 Å². The van der Waals surface area contributed by atoms with Crippen molar-refractivity contribution in [3.05, 3.63) is 64.7 Å². The molecule has 88 valence electrons. The second kappa shape index (κ2) is 4.11. The van der Waals surface area contributed by atoms with Gasteiger partial charge in [-0.15, -0.1) is 0 Å². The number of hydrogen-bond acceptors (Lipinski definition) is 2. The molecule has 1 N–H and O–H groups in total. The Balaban J connectivity index is 2.23. The molecule has 0 atom stereocenters. The molecule has 0 saturated heterocycles. The Hall–Kier alpha value is -2.42. The van der Waals surface area contributed by atoms with E-state index in [1.165, 1.54) is 11.9 Å². The highest BCUT2D eigenvalue weighted by atomic mass is 16.1. The lowest BCUT2D eigenvalue weighted by molar-refractivity contribution is 1.17. The van der Waals surface area contributed by atoms with Crippen molar-refractivity contribution in [2.45, 2.75) is 6.92 Å². The van der Waals surface area contributed by atoms with Crippen LogP contribution < -0.4 is 5.56 Å². The van der Waals surface area contributed by atoms with Crippen molar-refractivity contribution in [2.24, 2.45) is 0 Å². The molecular formula is C15H12N2O. The van der Waals surface area contributed by atoms with Crippen LogP contribution >= 0.6 is 0 Å². The van der Waals surface area contributed by atoms with Gasteiger partial charge in [0, 0.05) is 0 Å². The van der Waals surface area contributed by atoms with Crippen LogP contribution in [-0.4, -0.2) is 9.97 Å². The highest BCUT2D eigenvalue weighted by Crippen LogP contribution is 2.22. The first-order chi connectivity index (χ1) is 8.74. The van der Waals surface area contributed by atoms with Gasteiger partial charge in [0.1, 0.15) is 0 Å². The molecule has 18 heavy (non-hydrogen) atoms. The molecule has 3 heteroatoms. The number of nitrogens with zero attached hydrogens (tertiary/aromatic N) is 1. The first-order valence-corrected chi connectivity index (χ1v) is 5.78. The summed E-state index contributed by atoms with van der Waals surface area (Å²) in [5.74, 6) is 0. The second-order valence-corrected chi connectivity index (χ2v) is 4.33. The number of rotatable bonds is 1. The molecule has 0 spiro atoms. The minimum Gasteiger partial charge on any atom is -0.313 e. The number of aryl methyl sites for hydroxylation is 1. The van der Waals surface area contributed by atoms with Gasteiger partial charge in [0.25, 0.3) is 5.56 Å². The Morgan fingerprint density at radius 3 is 2.72 bits per heavy atom. The minimum absolute atomic E-state index is 0.101. The van der Waals surface area contributed by atoms with E-state index >= 15 is 0 Å². The first-order valence-electron chi connectivity index (χ1n) is 5.78. The minimum atomic E-state index is -0.101. The zero-order chi connectivity index (χ0) is 12.5. The molecule has 0 unspecified atom stereocenters. The van der Waals surface area contributed by atoms with Gasteiger partial charge >= 0.3 is 0 Å². The molecule has 0 aliphatic heterocycles. The smallest absolute Gasteiger partial charge is 0.258 e. The molecule has 0 saturated carbocycles. The normalized spacial score (nSPS) is 10.7. The molecule has 0 amide bonds. The van der Waals surface area contributed by atoms with Gasteiger partial charge < -0.3 is 4.98 Å². The second-order valence-electron chi connectivity index (χ2n) is 4.33. The summed E-state index contributed by atoms with van der Waals surface area (Å²) in [6, 6.07) is 14.0. The maximum Gasteiger partial charge on any atom is 0.258 e. The zero-order valence-corrected chi connectivity index (χ0v) is 9.97. The van der Waals surface area contributed by atoms with E-state index in [9.17, 15) is 4.79 Å². The van der Waals surface area contributed by atoms with Crippen LogP contribution in [0.1, 0.15) is 5.56 Å². The van der Waals surface area contributed by atoms with E-state index in [1.807, 2.05) is 24.3 Å². The summed E-state index contributed by atoms with van der Waals surface area (Å²) in [7, 11) is 0.